The van der Waals surface area contributed by atoms with Crippen LogP contribution in [-0.2, 0) is 10.0 Å². The van der Waals surface area contributed by atoms with Gasteiger partial charge in [0.15, 0.2) is 0 Å². The topological polar surface area (TPSA) is 152 Å². The number of halogens is 1. The van der Waals surface area contributed by atoms with Crippen molar-refractivity contribution >= 4 is 56.1 Å². The highest BCUT2D eigenvalue weighted by Crippen LogP contribution is 2.33. The number of nitrogens with two attached hydrogens (primary N) is 1. The number of aliphatic hydroxyl groups is 2. The number of aryl methyl sites for hydroxylation is 1. The number of sulfonamides is 1. The van der Waals surface area contributed by atoms with Crippen LogP contribution in [0.2, 0.25) is 5.02 Å². The third kappa shape index (κ3) is 11.2. The number of nitrogens with one attached hydrogen (secondary N) is 2. The number of piperazine rings is 1. The van der Waals surface area contributed by atoms with Crippen molar-refractivity contribution < 1.29 is 18.6 Å². The Labute approximate surface area is 379 Å². The first kappa shape index (κ1) is 44.5. The van der Waals surface area contributed by atoms with E-state index in [-0.39, 0.29) is 17.0 Å². The van der Waals surface area contributed by atoms with E-state index >= 15 is 0 Å². The average Bonchev–Trinajstić information content (AvgIpc) is 3.75. The van der Waals surface area contributed by atoms with Crippen molar-refractivity contribution in [3.63, 3.8) is 0 Å². The summed E-state index contributed by atoms with van der Waals surface area (Å²) in [5, 5.41) is 24.7. The molecule has 12 nitrogen and oxygen atoms in total. The van der Waals surface area contributed by atoms with Crippen molar-refractivity contribution in [3.05, 3.63) is 144 Å². The predicted octanol–water partition coefficient (Wildman–Crippen LogP) is 8.00. The second-order valence-corrected chi connectivity index (χ2v) is 19.5. The van der Waals surface area contributed by atoms with E-state index in [2.05, 4.69) is 66.1 Å². The standard InChI is InChI=1S/C48H55ClN8O4S2/c1-34-30-44(18-19-45(34)52-38(32-62-43-8-3-2-4-9-43)20-23-54-24-21-42(58)22-25-54)63(60,61)53-37-12-16-39(17-13-37)55-26-28-56(29-27-55)41-7-5-6-35(31-41)47-46(48(50)59)51-33-57(47)40-14-10-36(49)11-15-40/h2-19,30-31,33,38,42,48,52-53,58-59H,20-29,32,50H2,1H3/t38-,48?/m1/s1. The van der Waals surface area contributed by atoms with Crippen molar-refractivity contribution in [2.24, 2.45) is 5.73 Å². The maximum absolute atomic E-state index is 13.7. The summed E-state index contributed by atoms with van der Waals surface area (Å²) in [5.74, 6) is 0.865. The molecule has 0 bridgehead atoms. The Kier molecular flexibility index (Phi) is 14.3. The van der Waals surface area contributed by atoms with E-state index in [0.29, 0.717) is 22.1 Å². The number of aromatic nitrogens is 2. The lowest BCUT2D eigenvalue weighted by Gasteiger charge is -2.37. The van der Waals surface area contributed by atoms with E-state index in [4.69, 9.17) is 17.3 Å². The smallest absolute Gasteiger partial charge is 0.261 e. The summed E-state index contributed by atoms with van der Waals surface area (Å²) in [5.41, 5.74) is 13.1. The second kappa shape index (κ2) is 20.2. The summed E-state index contributed by atoms with van der Waals surface area (Å²) in [6.07, 6.45) is 2.78. The van der Waals surface area contributed by atoms with E-state index in [1.165, 1.54) is 4.90 Å². The fourth-order valence-corrected chi connectivity index (χ4v) is 10.5. The van der Waals surface area contributed by atoms with Gasteiger partial charge in [0, 0.05) is 102 Å². The molecule has 1 aromatic heterocycles. The zero-order valence-corrected chi connectivity index (χ0v) is 37.7. The molecule has 2 aliphatic heterocycles. The fraction of sp³-hybridized carbons (Fsp3) is 0.312. The number of thioether (sulfide) groups is 1. The molecule has 2 fully saturated rings. The largest absolute Gasteiger partial charge is 0.393 e. The number of rotatable bonds is 16. The van der Waals surface area contributed by atoms with Crippen molar-refractivity contribution in [3.8, 4) is 16.9 Å². The SMILES string of the molecule is Cc1cc(S(=O)(=O)Nc2ccc(N3CCN(c4cccc(-c5c(C(N)O)ncn5-c5ccc(Cl)cc5)c4)CC3)cc2)ccc1N[C@H](CCN1CCC(O)CC1)CSc1ccccc1. The van der Waals surface area contributed by atoms with E-state index in [1.54, 1.807) is 18.5 Å². The van der Waals surface area contributed by atoms with E-state index in [0.717, 1.165) is 105 Å². The van der Waals surface area contributed by atoms with Gasteiger partial charge in [-0.05, 0) is 123 Å². The van der Waals surface area contributed by atoms with E-state index in [9.17, 15) is 18.6 Å². The quantitative estimate of drug-likeness (QED) is 0.0475. The van der Waals surface area contributed by atoms with Crippen LogP contribution in [0.3, 0.4) is 0 Å². The van der Waals surface area contributed by atoms with Gasteiger partial charge in [-0.2, -0.15) is 0 Å². The van der Waals surface area contributed by atoms with Gasteiger partial charge in [-0.25, -0.2) is 13.4 Å². The number of aliphatic hydroxyl groups excluding tert-OH is 2. The molecular weight excluding hydrogens is 852 g/mol. The first-order valence-corrected chi connectivity index (χ1v) is 24.3. The van der Waals surface area contributed by atoms with Gasteiger partial charge in [0.2, 0.25) is 0 Å². The zero-order chi connectivity index (χ0) is 43.9. The second-order valence-electron chi connectivity index (χ2n) is 16.3. The third-order valence-corrected chi connectivity index (χ3v) is 14.6. The maximum atomic E-state index is 13.7. The van der Waals surface area contributed by atoms with Crippen molar-refractivity contribution in [2.75, 3.05) is 71.4 Å². The number of benzene rings is 5. The van der Waals surface area contributed by atoms with Gasteiger partial charge in [-0.1, -0.05) is 41.9 Å². The number of hydrogen-bond donors (Lipinski definition) is 5. The summed E-state index contributed by atoms with van der Waals surface area (Å²) in [6.45, 7) is 7.80. The lowest BCUT2D eigenvalue weighted by Crippen LogP contribution is -2.46. The summed E-state index contributed by atoms with van der Waals surface area (Å²) in [4.78, 5) is 12.9. The zero-order valence-electron chi connectivity index (χ0n) is 35.4. The van der Waals surface area contributed by atoms with Crippen molar-refractivity contribution in [1.29, 1.82) is 0 Å². The molecule has 63 heavy (non-hydrogen) atoms. The van der Waals surface area contributed by atoms with Gasteiger partial charge in [0.25, 0.3) is 10.0 Å². The third-order valence-electron chi connectivity index (χ3n) is 11.8. The molecule has 0 saturated carbocycles. The van der Waals surface area contributed by atoms with Crippen LogP contribution >= 0.6 is 23.4 Å². The average molecular weight is 908 g/mol. The number of nitrogens with zero attached hydrogens (tertiary/aromatic N) is 5. The molecule has 3 heterocycles. The molecule has 2 saturated heterocycles. The maximum Gasteiger partial charge on any atom is 0.261 e. The Morgan fingerprint density at radius 3 is 2.19 bits per heavy atom. The fourth-order valence-electron chi connectivity index (χ4n) is 8.27. The molecule has 1 unspecified atom stereocenters. The van der Waals surface area contributed by atoms with Crippen molar-refractivity contribution in [2.45, 2.75) is 54.4 Å². The Bertz CT molecular complexity index is 2540. The van der Waals surface area contributed by atoms with E-state index < -0.39 is 16.3 Å². The molecule has 0 aliphatic carbocycles. The number of piperidine rings is 1. The lowest BCUT2D eigenvalue weighted by molar-refractivity contribution is 0.0817. The monoisotopic (exact) mass is 906 g/mol. The molecule has 6 N–H and O–H groups in total. The van der Waals surface area contributed by atoms with Crippen LogP contribution in [0, 0.1) is 6.92 Å². The number of imidazole rings is 1. The first-order chi connectivity index (χ1) is 30.5. The summed E-state index contributed by atoms with van der Waals surface area (Å²) in [6, 6.07) is 39.0. The van der Waals surface area contributed by atoms with Gasteiger partial charge in [-0.3, -0.25) is 9.29 Å². The first-order valence-electron chi connectivity index (χ1n) is 21.4. The van der Waals surface area contributed by atoms with Crippen molar-refractivity contribution in [1.82, 2.24) is 14.5 Å². The lowest BCUT2D eigenvalue weighted by atomic mass is 10.1. The molecule has 5 aromatic carbocycles. The molecule has 2 atom stereocenters. The van der Waals surface area contributed by atoms with Gasteiger partial charge >= 0.3 is 0 Å². The van der Waals surface area contributed by atoms with Crippen LogP contribution in [0.1, 0.15) is 36.7 Å². The molecule has 0 radical (unpaired) electrons. The molecule has 15 heteroatoms. The molecule has 2 aliphatic rings. The highest BCUT2D eigenvalue weighted by Gasteiger charge is 2.24. The highest BCUT2D eigenvalue weighted by molar-refractivity contribution is 7.99. The molecule has 0 amide bonds. The molecule has 0 spiro atoms. The Morgan fingerprint density at radius 1 is 0.825 bits per heavy atom. The minimum Gasteiger partial charge on any atom is -0.393 e. The van der Waals surface area contributed by atoms with Crippen LogP contribution in [0.15, 0.2) is 137 Å². The van der Waals surface area contributed by atoms with Gasteiger partial charge in [0.1, 0.15) is 18.2 Å². The summed E-state index contributed by atoms with van der Waals surface area (Å²) < 4.78 is 32.0. The normalized spacial score (nSPS) is 16.2. The molecular formula is C48H55ClN8O4S2. The Morgan fingerprint density at radius 2 is 1.51 bits per heavy atom. The molecule has 6 aromatic rings. The molecule has 330 valence electrons. The van der Waals surface area contributed by atoms with Crippen LogP contribution in [-0.4, -0.2) is 96.8 Å². The van der Waals surface area contributed by atoms with Crippen LogP contribution in [0.4, 0.5) is 22.7 Å². The Hall–Kier alpha value is -5.06. The van der Waals surface area contributed by atoms with Gasteiger partial charge in [0.05, 0.1) is 16.7 Å². The van der Waals surface area contributed by atoms with Crippen LogP contribution in [0.5, 0.6) is 0 Å². The van der Waals surface area contributed by atoms with Crippen LogP contribution < -0.4 is 25.6 Å². The molecule has 8 rings (SSSR count). The minimum absolute atomic E-state index is 0.164. The van der Waals surface area contributed by atoms with Gasteiger partial charge in [-0.15, -0.1) is 11.8 Å². The summed E-state index contributed by atoms with van der Waals surface area (Å²) in [7, 11) is -3.84. The van der Waals surface area contributed by atoms with Gasteiger partial charge < -0.3 is 36.0 Å². The number of hydrogen-bond acceptors (Lipinski definition) is 11. The summed E-state index contributed by atoms with van der Waals surface area (Å²) >= 11 is 7.97. The minimum atomic E-state index is -3.84. The van der Waals surface area contributed by atoms with E-state index in [1.807, 2.05) is 96.0 Å². The number of likely N-dealkylation sites (tertiary alicyclic amines) is 1. The number of anilines is 4. The highest BCUT2D eigenvalue weighted by atomic mass is 35.5. The predicted molar refractivity (Wildman–Crippen MR) is 257 cm³/mol. The van der Waals surface area contributed by atoms with Crippen LogP contribution in [0.25, 0.3) is 16.9 Å². The Balaban J connectivity index is 0.879.